The van der Waals surface area contributed by atoms with Gasteiger partial charge in [0.1, 0.15) is 11.9 Å². The predicted molar refractivity (Wildman–Crippen MR) is 115 cm³/mol. The Morgan fingerprint density at radius 2 is 1.86 bits per heavy atom. The van der Waals surface area contributed by atoms with Gasteiger partial charge < -0.3 is 15.4 Å². The van der Waals surface area contributed by atoms with Crippen LogP contribution in [-0.2, 0) is 4.79 Å². The maximum absolute atomic E-state index is 12.7. The van der Waals surface area contributed by atoms with Crippen LogP contribution in [0.25, 0.3) is 0 Å². The maximum atomic E-state index is 12.7. The zero-order valence-electron chi connectivity index (χ0n) is 15.8. The highest BCUT2D eigenvalue weighted by Crippen LogP contribution is 2.30. The molecule has 1 saturated heterocycles. The number of amides is 1. The minimum Gasteiger partial charge on any atom is -0.489 e. The first-order chi connectivity index (χ1) is 12.7. The van der Waals surface area contributed by atoms with E-state index < -0.39 is 0 Å². The van der Waals surface area contributed by atoms with Crippen LogP contribution in [0.2, 0.25) is 0 Å². The fourth-order valence-electron chi connectivity index (χ4n) is 3.81. The fraction of sp³-hybridized carbons (Fsp3) is 0.429. The fourth-order valence-corrected chi connectivity index (χ4v) is 3.81. The van der Waals surface area contributed by atoms with Gasteiger partial charge in [0, 0.05) is 43.6 Å². The number of hydrogen-bond acceptors (Lipinski definition) is 4. The summed E-state index contributed by atoms with van der Waals surface area (Å²) in [7, 11) is 0. The lowest BCUT2D eigenvalue weighted by Crippen LogP contribution is -2.51. The molecule has 28 heavy (non-hydrogen) atoms. The van der Waals surface area contributed by atoms with Crippen LogP contribution in [0.4, 0.5) is 0 Å². The molecule has 1 aliphatic carbocycles. The van der Waals surface area contributed by atoms with Crippen LogP contribution >= 0.6 is 24.8 Å². The van der Waals surface area contributed by atoms with Crippen molar-refractivity contribution in [3.8, 4) is 5.75 Å². The first kappa shape index (κ1) is 22.5. The van der Waals surface area contributed by atoms with E-state index in [-0.39, 0.29) is 54.7 Å². The van der Waals surface area contributed by atoms with Crippen molar-refractivity contribution in [1.82, 2.24) is 15.6 Å². The molecule has 0 spiro atoms. The highest BCUT2D eigenvalue weighted by molar-refractivity contribution is 5.85. The number of rotatable bonds is 5. The topological polar surface area (TPSA) is 63.2 Å². The molecule has 1 amide bonds. The van der Waals surface area contributed by atoms with Crippen molar-refractivity contribution in [2.24, 2.45) is 5.92 Å². The standard InChI is InChI=1S/C21H25N3O2.2ClH/c1-14-7-8-17(11-23-14)26-18-9-16(10-18)24-21(25)20-13-22-12-19(20)15-5-3-2-4-6-15;;/h2-8,11,16,18-20,22H,9-10,12-13H2,1H3,(H,24,25);2*1H. The van der Waals surface area contributed by atoms with E-state index in [2.05, 4.69) is 27.8 Å². The van der Waals surface area contributed by atoms with Crippen molar-refractivity contribution in [1.29, 1.82) is 0 Å². The second-order valence-corrected chi connectivity index (χ2v) is 7.33. The Bertz CT molecular complexity index is 752. The average molecular weight is 424 g/mol. The zero-order chi connectivity index (χ0) is 17.9. The lowest BCUT2D eigenvalue weighted by Gasteiger charge is -2.36. The summed E-state index contributed by atoms with van der Waals surface area (Å²) in [5.74, 6) is 1.21. The molecular weight excluding hydrogens is 397 g/mol. The monoisotopic (exact) mass is 423 g/mol. The van der Waals surface area contributed by atoms with Gasteiger partial charge in [-0.15, -0.1) is 24.8 Å². The van der Waals surface area contributed by atoms with Gasteiger partial charge in [-0.3, -0.25) is 9.78 Å². The van der Waals surface area contributed by atoms with E-state index in [0.29, 0.717) is 0 Å². The molecule has 1 aromatic heterocycles. The van der Waals surface area contributed by atoms with Gasteiger partial charge in [0.15, 0.2) is 0 Å². The summed E-state index contributed by atoms with van der Waals surface area (Å²) in [6.07, 6.45) is 3.64. The Balaban J connectivity index is 0.00000140. The molecule has 0 bridgehead atoms. The highest BCUT2D eigenvalue weighted by atomic mass is 35.5. The molecule has 4 rings (SSSR count). The van der Waals surface area contributed by atoms with Gasteiger partial charge in [-0.1, -0.05) is 30.3 Å². The number of pyridine rings is 1. The van der Waals surface area contributed by atoms with Gasteiger partial charge in [0.2, 0.25) is 5.91 Å². The summed E-state index contributed by atoms with van der Waals surface area (Å²) in [6.45, 7) is 3.56. The number of halogens is 2. The first-order valence-corrected chi connectivity index (χ1v) is 9.34. The first-order valence-electron chi connectivity index (χ1n) is 9.34. The largest absolute Gasteiger partial charge is 0.489 e. The highest BCUT2D eigenvalue weighted by Gasteiger charge is 2.38. The Morgan fingerprint density at radius 3 is 2.54 bits per heavy atom. The number of aryl methyl sites for hydroxylation is 1. The number of hydrogen-bond donors (Lipinski definition) is 2. The smallest absolute Gasteiger partial charge is 0.225 e. The van der Waals surface area contributed by atoms with E-state index in [0.717, 1.165) is 37.4 Å². The molecule has 0 radical (unpaired) electrons. The van der Waals surface area contributed by atoms with E-state index in [1.807, 2.05) is 37.3 Å². The van der Waals surface area contributed by atoms with Gasteiger partial charge in [-0.25, -0.2) is 0 Å². The maximum Gasteiger partial charge on any atom is 0.225 e. The Hall–Kier alpha value is -1.82. The lowest BCUT2D eigenvalue weighted by molar-refractivity contribution is -0.126. The van der Waals surface area contributed by atoms with Crippen molar-refractivity contribution in [2.75, 3.05) is 13.1 Å². The molecule has 1 aliphatic heterocycles. The van der Waals surface area contributed by atoms with Gasteiger partial charge >= 0.3 is 0 Å². The molecule has 2 fully saturated rings. The van der Waals surface area contributed by atoms with E-state index in [1.165, 1.54) is 5.56 Å². The second-order valence-electron chi connectivity index (χ2n) is 7.33. The number of carbonyl (C=O) groups is 1. The third-order valence-electron chi connectivity index (χ3n) is 5.41. The molecule has 2 heterocycles. The summed E-state index contributed by atoms with van der Waals surface area (Å²) < 4.78 is 5.91. The molecule has 1 saturated carbocycles. The number of carbonyl (C=O) groups excluding carboxylic acids is 1. The van der Waals surface area contributed by atoms with E-state index in [1.54, 1.807) is 6.20 Å². The van der Waals surface area contributed by atoms with Crippen molar-refractivity contribution in [3.05, 3.63) is 59.9 Å². The van der Waals surface area contributed by atoms with Crippen molar-refractivity contribution < 1.29 is 9.53 Å². The van der Waals surface area contributed by atoms with Gasteiger partial charge in [0.25, 0.3) is 0 Å². The Labute approximate surface area is 178 Å². The minimum atomic E-state index is -0.00123. The number of benzene rings is 1. The SMILES string of the molecule is Cc1ccc(OC2CC(NC(=O)C3CNCC3c3ccccc3)C2)cn1.Cl.Cl. The number of ether oxygens (including phenoxy) is 1. The molecule has 1 aromatic carbocycles. The third-order valence-corrected chi connectivity index (χ3v) is 5.41. The molecule has 7 heteroatoms. The summed E-state index contributed by atoms with van der Waals surface area (Å²) >= 11 is 0. The molecule has 2 aromatic rings. The summed E-state index contributed by atoms with van der Waals surface area (Å²) in [5.41, 5.74) is 2.22. The van der Waals surface area contributed by atoms with E-state index in [9.17, 15) is 4.79 Å². The number of nitrogens with zero attached hydrogens (tertiary/aromatic N) is 1. The quantitative estimate of drug-likeness (QED) is 0.774. The van der Waals surface area contributed by atoms with Crippen LogP contribution in [-0.4, -0.2) is 36.1 Å². The van der Waals surface area contributed by atoms with E-state index in [4.69, 9.17) is 4.74 Å². The molecule has 5 nitrogen and oxygen atoms in total. The van der Waals surface area contributed by atoms with Crippen LogP contribution in [0.15, 0.2) is 48.7 Å². The van der Waals surface area contributed by atoms with Gasteiger partial charge in [0.05, 0.1) is 12.1 Å². The molecule has 2 aliphatic rings. The minimum absolute atomic E-state index is 0. The number of nitrogens with one attached hydrogen (secondary N) is 2. The zero-order valence-corrected chi connectivity index (χ0v) is 17.5. The van der Waals surface area contributed by atoms with Crippen LogP contribution in [0.1, 0.15) is 30.0 Å². The normalized spacial score (nSPS) is 25.6. The van der Waals surface area contributed by atoms with Crippen molar-refractivity contribution in [3.63, 3.8) is 0 Å². The van der Waals surface area contributed by atoms with Crippen LogP contribution in [0.3, 0.4) is 0 Å². The van der Waals surface area contributed by atoms with Crippen molar-refractivity contribution >= 4 is 30.7 Å². The Morgan fingerprint density at radius 1 is 1.11 bits per heavy atom. The molecule has 2 atom stereocenters. The average Bonchev–Trinajstić information content (AvgIpc) is 3.12. The molecule has 152 valence electrons. The van der Waals surface area contributed by atoms with Crippen LogP contribution < -0.4 is 15.4 Å². The third kappa shape index (κ3) is 5.16. The van der Waals surface area contributed by atoms with E-state index >= 15 is 0 Å². The predicted octanol–water partition coefficient (Wildman–Crippen LogP) is 3.26. The Kier molecular flexibility index (Phi) is 8.10. The molecule has 2 unspecified atom stereocenters. The summed E-state index contributed by atoms with van der Waals surface area (Å²) in [6, 6.07) is 14.4. The molecular formula is C21H27Cl2N3O2. The van der Waals surface area contributed by atoms with Crippen LogP contribution in [0.5, 0.6) is 5.75 Å². The number of aromatic nitrogens is 1. The van der Waals surface area contributed by atoms with Crippen molar-refractivity contribution in [2.45, 2.75) is 37.8 Å². The lowest BCUT2D eigenvalue weighted by atomic mass is 9.85. The summed E-state index contributed by atoms with van der Waals surface area (Å²) in [5, 5.41) is 6.57. The summed E-state index contributed by atoms with van der Waals surface area (Å²) in [4.78, 5) is 17.0. The second kappa shape index (κ2) is 10.1. The van der Waals surface area contributed by atoms with Gasteiger partial charge in [-0.05, 0) is 24.6 Å². The molecule has 2 N–H and O–H groups in total. The van der Waals surface area contributed by atoms with Gasteiger partial charge in [-0.2, -0.15) is 0 Å². The van der Waals surface area contributed by atoms with Crippen LogP contribution in [0, 0.1) is 12.8 Å².